The molecule has 0 bridgehead atoms. The number of nitrogens with one attached hydrogen (secondary N) is 1. The molecule has 2 heterocycles. The summed E-state index contributed by atoms with van der Waals surface area (Å²) in [5.74, 6) is 1.01. The number of anilines is 1. The van der Waals surface area contributed by atoms with E-state index in [1.165, 1.54) is 5.69 Å². The van der Waals surface area contributed by atoms with E-state index >= 15 is 0 Å². The molecule has 1 aromatic heterocycles. The fourth-order valence-electron chi connectivity index (χ4n) is 3.48. The average Bonchev–Trinajstić information content (AvgIpc) is 3.25. The Morgan fingerprint density at radius 2 is 1.90 bits per heavy atom. The van der Waals surface area contributed by atoms with Gasteiger partial charge in [0.2, 0.25) is 0 Å². The van der Waals surface area contributed by atoms with Gasteiger partial charge in [-0.1, -0.05) is 23.4 Å². The van der Waals surface area contributed by atoms with E-state index in [0.29, 0.717) is 0 Å². The van der Waals surface area contributed by atoms with Crippen molar-refractivity contribution in [3.05, 3.63) is 48.4 Å². The van der Waals surface area contributed by atoms with E-state index in [-0.39, 0.29) is 24.0 Å². The third-order valence-electron chi connectivity index (χ3n) is 5.16. The van der Waals surface area contributed by atoms with Crippen LogP contribution in [0.1, 0.15) is 18.5 Å². The van der Waals surface area contributed by atoms with Gasteiger partial charge in [-0.05, 0) is 25.0 Å². The maximum atomic E-state index is 4.92. The molecule has 2 aromatic rings. The maximum absolute atomic E-state index is 4.92. The molecule has 8 heteroatoms. The molecule has 1 aliphatic heterocycles. The molecular weight excluding hydrogens is 479 g/mol. The van der Waals surface area contributed by atoms with Crippen molar-refractivity contribution in [3.8, 4) is 0 Å². The first kappa shape index (κ1) is 23.5. The summed E-state index contributed by atoms with van der Waals surface area (Å²) < 4.78 is 4.92. The first-order chi connectivity index (χ1) is 13.8. The second-order valence-electron chi connectivity index (χ2n) is 7.19. The van der Waals surface area contributed by atoms with Crippen LogP contribution in [0, 0.1) is 0 Å². The quantitative estimate of drug-likeness (QED) is 0.254. The number of rotatable bonds is 8. The smallest absolute Gasteiger partial charge is 0.193 e. The molecule has 7 nitrogen and oxygen atoms in total. The zero-order valence-corrected chi connectivity index (χ0v) is 19.8. The molecular formula is C21H33IN6O. The number of hydrogen-bond donors (Lipinski definition) is 1. The van der Waals surface area contributed by atoms with Gasteiger partial charge in [0.05, 0.1) is 5.69 Å². The Labute approximate surface area is 191 Å². The number of unbranched alkanes of at least 4 members (excludes halogenated alkanes) is 1. The number of halogens is 1. The van der Waals surface area contributed by atoms with E-state index in [2.05, 4.69) is 67.5 Å². The molecule has 0 unspecified atom stereocenters. The van der Waals surface area contributed by atoms with Crippen LogP contribution in [0.4, 0.5) is 5.69 Å². The van der Waals surface area contributed by atoms with Gasteiger partial charge in [0.25, 0.3) is 0 Å². The summed E-state index contributed by atoms with van der Waals surface area (Å²) in [5, 5.41) is 7.53. The maximum Gasteiger partial charge on any atom is 0.193 e. The van der Waals surface area contributed by atoms with Crippen LogP contribution >= 0.6 is 24.0 Å². The van der Waals surface area contributed by atoms with Crippen LogP contribution in [0.5, 0.6) is 0 Å². The fourth-order valence-corrected chi connectivity index (χ4v) is 3.48. The Morgan fingerprint density at radius 1 is 1.14 bits per heavy atom. The van der Waals surface area contributed by atoms with Crippen LogP contribution in [-0.4, -0.2) is 74.3 Å². The summed E-state index contributed by atoms with van der Waals surface area (Å²) >= 11 is 0. The second-order valence-corrected chi connectivity index (χ2v) is 7.19. The topological polar surface area (TPSA) is 60.1 Å². The molecule has 3 rings (SSSR count). The van der Waals surface area contributed by atoms with Crippen molar-refractivity contribution in [2.75, 3.05) is 58.3 Å². The molecule has 0 aliphatic carbocycles. The molecule has 160 valence electrons. The number of aliphatic imine (C=N–C) groups is 1. The number of para-hydroxylation sites is 1. The summed E-state index contributed by atoms with van der Waals surface area (Å²) in [7, 11) is 4.02. The monoisotopic (exact) mass is 512 g/mol. The molecule has 0 saturated carbocycles. The molecule has 0 spiro atoms. The third kappa shape index (κ3) is 7.50. The van der Waals surface area contributed by atoms with E-state index in [0.717, 1.165) is 70.3 Å². The Hall–Kier alpha value is -1.81. The summed E-state index contributed by atoms with van der Waals surface area (Å²) in [4.78, 5) is 11.5. The van der Waals surface area contributed by atoms with Crippen LogP contribution in [0.2, 0.25) is 0 Å². The highest BCUT2D eigenvalue weighted by atomic mass is 127. The molecule has 1 aromatic carbocycles. The summed E-state index contributed by atoms with van der Waals surface area (Å²) in [6.07, 6.45) is 3.91. The van der Waals surface area contributed by atoms with Gasteiger partial charge in [-0.15, -0.1) is 24.0 Å². The number of nitrogens with zero attached hydrogens (tertiary/aromatic N) is 5. The summed E-state index contributed by atoms with van der Waals surface area (Å²) in [6, 6.07) is 12.5. The van der Waals surface area contributed by atoms with Gasteiger partial charge in [-0.25, -0.2) is 0 Å². The largest absolute Gasteiger partial charge is 0.375 e. The van der Waals surface area contributed by atoms with Gasteiger partial charge in [0.1, 0.15) is 6.26 Å². The summed E-state index contributed by atoms with van der Waals surface area (Å²) in [5.41, 5.74) is 2.27. The van der Waals surface area contributed by atoms with Gasteiger partial charge in [0, 0.05) is 71.7 Å². The first-order valence-electron chi connectivity index (χ1n) is 10.1. The molecule has 0 amide bonds. The van der Waals surface area contributed by atoms with E-state index in [9.17, 15) is 0 Å². The SMILES string of the molecule is CN=C(NCCCCN(C)c1ccccc1)N1CCN(Cc2ccon2)CC1.I. The summed E-state index contributed by atoms with van der Waals surface area (Å²) in [6.45, 7) is 6.85. The lowest BCUT2D eigenvalue weighted by Gasteiger charge is -2.36. The van der Waals surface area contributed by atoms with Gasteiger partial charge in [-0.2, -0.15) is 0 Å². The minimum atomic E-state index is 0. The van der Waals surface area contributed by atoms with Crippen LogP contribution in [0.15, 0.2) is 52.2 Å². The first-order valence-corrected chi connectivity index (χ1v) is 10.1. The minimum absolute atomic E-state index is 0. The third-order valence-corrected chi connectivity index (χ3v) is 5.16. The molecule has 1 aliphatic rings. The molecule has 1 saturated heterocycles. The lowest BCUT2D eigenvalue weighted by atomic mass is 10.2. The predicted octanol–water partition coefficient (Wildman–Crippen LogP) is 2.90. The number of aromatic nitrogens is 1. The van der Waals surface area contributed by atoms with Crippen LogP contribution in [0.25, 0.3) is 0 Å². The highest BCUT2D eigenvalue weighted by molar-refractivity contribution is 14.0. The Kier molecular flexibility index (Phi) is 10.3. The molecule has 29 heavy (non-hydrogen) atoms. The second kappa shape index (κ2) is 12.7. The Morgan fingerprint density at radius 3 is 2.55 bits per heavy atom. The van der Waals surface area contributed by atoms with E-state index < -0.39 is 0 Å². The zero-order valence-electron chi connectivity index (χ0n) is 17.5. The molecule has 0 atom stereocenters. The molecule has 0 radical (unpaired) electrons. The lowest BCUT2D eigenvalue weighted by Crippen LogP contribution is -2.52. The minimum Gasteiger partial charge on any atom is -0.375 e. The van der Waals surface area contributed by atoms with Crippen molar-refractivity contribution in [3.63, 3.8) is 0 Å². The number of guanidine groups is 1. The van der Waals surface area contributed by atoms with Crippen molar-refractivity contribution < 1.29 is 4.52 Å². The van der Waals surface area contributed by atoms with Gasteiger partial charge in [-0.3, -0.25) is 9.89 Å². The van der Waals surface area contributed by atoms with Crippen molar-refractivity contribution in [1.82, 2.24) is 20.3 Å². The van der Waals surface area contributed by atoms with Gasteiger partial charge in [0.15, 0.2) is 5.96 Å². The van der Waals surface area contributed by atoms with Crippen molar-refractivity contribution in [2.45, 2.75) is 19.4 Å². The van der Waals surface area contributed by atoms with Crippen molar-refractivity contribution in [2.24, 2.45) is 4.99 Å². The number of piperazine rings is 1. The predicted molar refractivity (Wildman–Crippen MR) is 129 cm³/mol. The zero-order chi connectivity index (χ0) is 19.6. The van der Waals surface area contributed by atoms with Gasteiger partial charge >= 0.3 is 0 Å². The Balaban J connectivity index is 0.00000300. The van der Waals surface area contributed by atoms with E-state index in [4.69, 9.17) is 4.52 Å². The van der Waals surface area contributed by atoms with Crippen LogP contribution in [0.3, 0.4) is 0 Å². The highest BCUT2D eigenvalue weighted by Crippen LogP contribution is 2.11. The number of hydrogen-bond acceptors (Lipinski definition) is 5. The van der Waals surface area contributed by atoms with Crippen molar-refractivity contribution in [1.29, 1.82) is 0 Å². The lowest BCUT2D eigenvalue weighted by molar-refractivity contribution is 0.169. The average molecular weight is 512 g/mol. The van der Waals surface area contributed by atoms with Crippen LogP contribution in [-0.2, 0) is 6.54 Å². The number of benzene rings is 1. The highest BCUT2D eigenvalue weighted by Gasteiger charge is 2.20. The van der Waals surface area contributed by atoms with E-state index in [1.54, 1.807) is 6.26 Å². The molecule has 1 fully saturated rings. The van der Waals surface area contributed by atoms with Gasteiger partial charge < -0.3 is 19.6 Å². The standard InChI is InChI=1S/C21H32N6O.HI/c1-22-21(23-11-6-7-12-25(2)20-8-4-3-5-9-20)27-15-13-26(14-16-27)18-19-10-17-28-24-19;/h3-5,8-10,17H,6-7,11-16,18H2,1-2H3,(H,22,23);1H. The van der Waals surface area contributed by atoms with E-state index in [1.807, 2.05) is 13.1 Å². The van der Waals surface area contributed by atoms with Crippen molar-refractivity contribution >= 4 is 35.6 Å². The van der Waals surface area contributed by atoms with Crippen LogP contribution < -0.4 is 10.2 Å². The normalized spacial score (nSPS) is 15.1. The fraction of sp³-hybridized carbons (Fsp3) is 0.524. The molecule has 1 N–H and O–H groups in total. The Bertz CT molecular complexity index is 701.